The van der Waals surface area contributed by atoms with Crippen LogP contribution in [0.15, 0.2) is 24.3 Å². The molecule has 0 bridgehead atoms. The first-order chi connectivity index (χ1) is 9.29. The second-order valence-electron chi connectivity index (χ2n) is 5.94. The van der Waals surface area contributed by atoms with Crippen LogP contribution >= 0.6 is 11.3 Å². The summed E-state index contributed by atoms with van der Waals surface area (Å²) in [5, 5.41) is 10.2. The lowest BCUT2D eigenvalue weighted by atomic mass is 9.91. The van der Waals surface area contributed by atoms with E-state index in [0.29, 0.717) is 17.0 Å². The van der Waals surface area contributed by atoms with Gasteiger partial charge in [0.1, 0.15) is 4.88 Å². The van der Waals surface area contributed by atoms with Gasteiger partial charge in [-0.2, -0.15) is 0 Å². The molecule has 106 valence electrons. The highest BCUT2D eigenvalue weighted by Gasteiger charge is 2.26. The molecule has 1 N–H and O–H groups in total. The number of aryl methyl sites for hydroxylation is 1. The van der Waals surface area contributed by atoms with E-state index in [1.54, 1.807) is 0 Å². The minimum absolute atomic E-state index is 0.256. The van der Waals surface area contributed by atoms with Crippen molar-refractivity contribution in [3.8, 4) is 0 Å². The first-order valence-electron chi connectivity index (χ1n) is 6.57. The van der Waals surface area contributed by atoms with Gasteiger partial charge in [0, 0.05) is 11.8 Å². The molecule has 0 aliphatic rings. The van der Waals surface area contributed by atoms with Gasteiger partial charge in [0.25, 0.3) is 0 Å². The summed E-state index contributed by atoms with van der Waals surface area (Å²) in [5.41, 5.74) is 2.82. The van der Waals surface area contributed by atoms with Crippen LogP contribution in [-0.4, -0.2) is 16.1 Å². The Morgan fingerprint density at radius 1 is 1.30 bits per heavy atom. The van der Waals surface area contributed by atoms with Crippen molar-refractivity contribution in [1.29, 1.82) is 0 Å². The van der Waals surface area contributed by atoms with Crippen molar-refractivity contribution >= 4 is 17.3 Å². The molecule has 0 spiro atoms. The molecule has 2 aromatic rings. The number of benzene rings is 1. The Bertz CT molecular complexity index is 638. The summed E-state index contributed by atoms with van der Waals surface area (Å²) in [5.74, 6) is -0.886. The zero-order valence-electron chi connectivity index (χ0n) is 12.2. The summed E-state index contributed by atoms with van der Waals surface area (Å²) in [4.78, 5) is 16.3. The molecular formula is C16H19NO2S. The van der Waals surface area contributed by atoms with E-state index in [1.165, 1.54) is 22.5 Å². The zero-order valence-corrected chi connectivity index (χ0v) is 13.0. The van der Waals surface area contributed by atoms with Crippen molar-refractivity contribution in [3.05, 3.63) is 51.0 Å². The van der Waals surface area contributed by atoms with Crippen LogP contribution in [0.1, 0.15) is 52.3 Å². The summed E-state index contributed by atoms with van der Waals surface area (Å²) < 4.78 is 0. The molecule has 0 fully saturated rings. The summed E-state index contributed by atoms with van der Waals surface area (Å²) >= 11 is 1.29. The fraction of sp³-hybridized carbons (Fsp3) is 0.375. The number of hydrogen-bond donors (Lipinski definition) is 1. The van der Waals surface area contributed by atoms with Crippen LogP contribution < -0.4 is 0 Å². The number of thiazole rings is 1. The Hall–Kier alpha value is -1.68. The maximum absolute atomic E-state index is 11.4. The lowest BCUT2D eigenvalue weighted by Crippen LogP contribution is -2.16. The molecule has 0 aliphatic heterocycles. The highest BCUT2D eigenvalue weighted by molar-refractivity contribution is 7.13. The average molecular weight is 289 g/mol. The van der Waals surface area contributed by atoms with Crippen LogP contribution in [-0.2, 0) is 11.8 Å². The van der Waals surface area contributed by atoms with Gasteiger partial charge in [-0.1, -0.05) is 45.0 Å². The number of aromatic carboxylic acids is 1. The topological polar surface area (TPSA) is 50.2 Å². The van der Waals surface area contributed by atoms with Crippen LogP contribution in [0.25, 0.3) is 0 Å². The maximum Gasteiger partial charge on any atom is 0.347 e. The molecule has 1 heterocycles. The van der Waals surface area contributed by atoms with Gasteiger partial charge in [-0.3, -0.25) is 0 Å². The molecule has 0 atom stereocenters. The second kappa shape index (κ2) is 5.37. The minimum Gasteiger partial charge on any atom is -0.477 e. The Balaban J connectivity index is 2.40. The lowest BCUT2D eigenvalue weighted by Gasteiger charge is -2.16. The third-order valence-corrected chi connectivity index (χ3v) is 4.22. The molecule has 1 aromatic carbocycles. The first kappa shape index (κ1) is 14.7. The normalized spacial score (nSPS) is 11.6. The van der Waals surface area contributed by atoms with Crippen molar-refractivity contribution in [1.82, 2.24) is 4.98 Å². The SMILES string of the molecule is Cc1ccccc1Cc1nc(C(C)(C)C)c(C(=O)O)s1. The number of rotatable bonds is 3. The van der Waals surface area contributed by atoms with Gasteiger partial charge in [-0.25, -0.2) is 9.78 Å². The Labute approximate surface area is 123 Å². The van der Waals surface area contributed by atoms with Gasteiger partial charge >= 0.3 is 5.97 Å². The minimum atomic E-state index is -0.886. The molecule has 1 aromatic heterocycles. The Morgan fingerprint density at radius 2 is 1.95 bits per heavy atom. The molecule has 3 nitrogen and oxygen atoms in total. The van der Waals surface area contributed by atoms with Crippen molar-refractivity contribution in [2.75, 3.05) is 0 Å². The molecule has 0 saturated carbocycles. The molecule has 20 heavy (non-hydrogen) atoms. The second-order valence-corrected chi connectivity index (χ2v) is 7.03. The molecule has 0 unspecified atom stereocenters. The third kappa shape index (κ3) is 3.07. The summed E-state index contributed by atoms with van der Waals surface area (Å²) in [6.07, 6.45) is 0.688. The predicted octanol–water partition coefficient (Wildman–Crippen LogP) is 4.04. The highest BCUT2D eigenvalue weighted by atomic mass is 32.1. The highest BCUT2D eigenvalue weighted by Crippen LogP contribution is 2.30. The van der Waals surface area contributed by atoms with Gasteiger partial charge in [-0.05, 0) is 18.1 Å². The van der Waals surface area contributed by atoms with Crippen molar-refractivity contribution in [2.45, 2.75) is 39.5 Å². The van der Waals surface area contributed by atoms with E-state index in [9.17, 15) is 9.90 Å². The number of carboxylic acids is 1. The zero-order chi connectivity index (χ0) is 14.9. The lowest BCUT2D eigenvalue weighted by molar-refractivity contribution is 0.0699. The Morgan fingerprint density at radius 3 is 2.45 bits per heavy atom. The molecule has 0 saturated heterocycles. The van der Waals surface area contributed by atoms with E-state index in [2.05, 4.69) is 24.0 Å². The van der Waals surface area contributed by atoms with E-state index in [-0.39, 0.29) is 5.41 Å². The molecule has 0 aliphatic carbocycles. The number of carbonyl (C=O) groups is 1. The average Bonchev–Trinajstić information content (AvgIpc) is 2.76. The Kier molecular flexibility index (Phi) is 3.95. The van der Waals surface area contributed by atoms with Crippen LogP contribution in [0.5, 0.6) is 0 Å². The molecular weight excluding hydrogens is 270 g/mol. The van der Waals surface area contributed by atoms with Crippen LogP contribution in [0, 0.1) is 6.92 Å². The van der Waals surface area contributed by atoms with Gasteiger partial charge in [-0.15, -0.1) is 11.3 Å². The molecule has 2 rings (SSSR count). The fourth-order valence-electron chi connectivity index (χ4n) is 2.06. The van der Waals surface area contributed by atoms with Crippen molar-refractivity contribution in [2.24, 2.45) is 0 Å². The molecule has 4 heteroatoms. The summed E-state index contributed by atoms with van der Waals surface area (Å²) in [6, 6.07) is 8.13. The number of aromatic nitrogens is 1. The van der Waals surface area contributed by atoms with Crippen LogP contribution in [0.4, 0.5) is 0 Å². The maximum atomic E-state index is 11.4. The first-order valence-corrected chi connectivity index (χ1v) is 7.38. The fourth-order valence-corrected chi connectivity index (χ4v) is 3.20. The summed E-state index contributed by atoms with van der Waals surface area (Å²) in [7, 11) is 0. The van der Waals surface area contributed by atoms with Crippen molar-refractivity contribution < 1.29 is 9.90 Å². The van der Waals surface area contributed by atoms with Gasteiger partial charge in [0.15, 0.2) is 0 Å². The molecule has 0 amide bonds. The summed E-state index contributed by atoms with van der Waals surface area (Å²) in [6.45, 7) is 8.04. The van der Waals surface area contributed by atoms with E-state index in [1.807, 2.05) is 32.9 Å². The van der Waals surface area contributed by atoms with Gasteiger partial charge in [0.2, 0.25) is 0 Å². The number of hydrogen-bond acceptors (Lipinski definition) is 3. The third-order valence-electron chi connectivity index (χ3n) is 3.18. The van der Waals surface area contributed by atoms with E-state index in [4.69, 9.17) is 0 Å². The standard InChI is InChI=1S/C16H19NO2S/c1-10-7-5-6-8-11(10)9-12-17-14(16(2,3)4)13(20-12)15(18)19/h5-8H,9H2,1-4H3,(H,18,19). The van der Waals surface area contributed by atoms with Crippen LogP contribution in [0.2, 0.25) is 0 Å². The van der Waals surface area contributed by atoms with Crippen LogP contribution in [0.3, 0.4) is 0 Å². The van der Waals surface area contributed by atoms with Gasteiger partial charge < -0.3 is 5.11 Å². The largest absolute Gasteiger partial charge is 0.477 e. The smallest absolute Gasteiger partial charge is 0.347 e. The van der Waals surface area contributed by atoms with E-state index < -0.39 is 5.97 Å². The predicted molar refractivity (Wildman–Crippen MR) is 81.8 cm³/mol. The van der Waals surface area contributed by atoms with Gasteiger partial charge in [0.05, 0.1) is 10.7 Å². The number of nitrogens with zero attached hydrogens (tertiary/aromatic N) is 1. The molecule has 0 radical (unpaired) electrons. The van der Waals surface area contributed by atoms with E-state index >= 15 is 0 Å². The number of carboxylic acid groups (broad SMARTS) is 1. The van der Waals surface area contributed by atoms with E-state index in [0.717, 1.165) is 5.01 Å². The monoisotopic (exact) mass is 289 g/mol. The van der Waals surface area contributed by atoms with Crippen molar-refractivity contribution in [3.63, 3.8) is 0 Å². The quantitative estimate of drug-likeness (QED) is 0.927.